The first-order chi connectivity index (χ1) is 9.74. The molecule has 0 unspecified atom stereocenters. The number of aromatic nitrogens is 3. The molecule has 7 heteroatoms. The average Bonchev–Trinajstić information content (AvgIpc) is 3.07. The van der Waals surface area contributed by atoms with Gasteiger partial charge in [-0.15, -0.1) is 11.3 Å². The molecule has 1 amide bonds. The van der Waals surface area contributed by atoms with Gasteiger partial charge in [0.25, 0.3) is 0 Å². The van der Waals surface area contributed by atoms with Crippen LogP contribution in [0, 0.1) is 0 Å². The van der Waals surface area contributed by atoms with Crippen LogP contribution in [0.4, 0.5) is 10.9 Å². The van der Waals surface area contributed by atoms with Crippen molar-refractivity contribution in [3.05, 3.63) is 29.7 Å². The van der Waals surface area contributed by atoms with E-state index < -0.39 is 0 Å². The van der Waals surface area contributed by atoms with Gasteiger partial charge in [0.2, 0.25) is 5.91 Å². The van der Waals surface area contributed by atoms with Crippen molar-refractivity contribution >= 4 is 28.2 Å². The summed E-state index contributed by atoms with van der Waals surface area (Å²) in [5.74, 6) is 0.784. The van der Waals surface area contributed by atoms with E-state index in [2.05, 4.69) is 20.3 Å². The van der Waals surface area contributed by atoms with Crippen LogP contribution in [0.3, 0.4) is 0 Å². The molecule has 0 aliphatic carbocycles. The summed E-state index contributed by atoms with van der Waals surface area (Å²) in [5.41, 5.74) is 0.953. The van der Waals surface area contributed by atoms with Crippen molar-refractivity contribution in [2.45, 2.75) is 25.8 Å². The van der Waals surface area contributed by atoms with E-state index in [9.17, 15) is 4.79 Å². The second-order valence-corrected chi connectivity index (χ2v) is 5.52. The Morgan fingerprint density at radius 1 is 1.50 bits per heavy atom. The molecule has 3 rings (SSSR count). The number of carbonyl (C=O) groups is 1. The number of nitrogens with one attached hydrogen (secondary N) is 1. The van der Waals surface area contributed by atoms with Crippen LogP contribution in [-0.2, 0) is 4.79 Å². The Balaban J connectivity index is 1.75. The number of carbonyl (C=O) groups excluding carboxylic acids is 1. The summed E-state index contributed by atoms with van der Waals surface area (Å²) in [6, 6.07) is 0.112. The molecule has 20 heavy (non-hydrogen) atoms. The number of nitrogens with zero attached hydrogens (tertiary/aromatic N) is 4. The number of hydrogen-bond acceptors (Lipinski definition) is 6. The van der Waals surface area contributed by atoms with E-state index in [4.69, 9.17) is 0 Å². The van der Waals surface area contributed by atoms with E-state index in [0.29, 0.717) is 5.82 Å². The number of rotatable bonds is 3. The minimum Gasteiger partial charge on any atom is -0.334 e. The zero-order chi connectivity index (χ0) is 13.9. The number of amides is 1. The highest BCUT2D eigenvalue weighted by Crippen LogP contribution is 2.33. The number of hydrogen-bond donors (Lipinski definition) is 1. The van der Waals surface area contributed by atoms with Gasteiger partial charge in [0.1, 0.15) is 0 Å². The third-order valence-electron chi connectivity index (χ3n) is 3.32. The molecule has 1 N–H and O–H groups in total. The van der Waals surface area contributed by atoms with Crippen molar-refractivity contribution in [1.29, 1.82) is 0 Å². The summed E-state index contributed by atoms with van der Waals surface area (Å²) in [6.45, 7) is 2.44. The quantitative estimate of drug-likeness (QED) is 0.939. The lowest BCUT2D eigenvalue weighted by atomic mass is 10.2. The standard InChI is InChI=1S/C13H15N5OS/c1-9(19)18-6-2-3-11(18)10-8-20-13(16-10)17-12-7-14-4-5-15-12/h4-5,7-8,11H,2-3,6H2,1H3,(H,15,16,17)/t11-/m0/s1. The average molecular weight is 289 g/mol. The van der Waals surface area contributed by atoms with Gasteiger partial charge < -0.3 is 10.2 Å². The molecular weight excluding hydrogens is 274 g/mol. The Morgan fingerprint density at radius 3 is 3.15 bits per heavy atom. The smallest absolute Gasteiger partial charge is 0.220 e. The van der Waals surface area contributed by atoms with E-state index >= 15 is 0 Å². The summed E-state index contributed by atoms with van der Waals surface area (Å²) >= 11 is 1.52. The molecule has 6 nitrogen and oxygen atoms in total. The highest BCUT2D eigenvalue weighted by atomic mass is 32.1. The maximum atomic E-state index is 11.6. The Kier molecular flexibility index (Phi) is 3.60. The lowest BCUT2D eigenvalue weighted by Gasteiger charge is -2.21. The molecule has 0 spiro atoms. The highest BCUT2D eigenvalue weighted by Gasteiger charge is 2.29. The summed E-state index contributed by atoms with van der Waals surface area (Å²) < 4.78 is 0. The van der Waals surface area contributed by atoms with Gasteiger partial charge in [0.15, 0.2) is 10.9 Å². The fraction of sp³-hybridized carbons (Fsp3) is 0.385. The molecule has 0 bridgehead atoms. The maximum Gasteiger partial charge on any atom is 0.220 e. The third kappa shape index (κ3) is 2.62. The third-order valence-corrected chi connectivity index (χ3v) is 4.09. The lowest BCUT2D eigenvalue weighted by molar-refractivity contribution is -0.129. The number of thiazole rings is 1. The molecule has 1 atom stereocenters. The Labute approximate surface area is 120 Å². The fourth-order valence-electron chi connectivity index (χ4n) is 2.42. The molecule has 2 aromatic heterocycles. The van der Waals surface area contributed by atoms with E-state index in [1.165, 1.54) is 11.3 Å². The first kappa shape index (κ1) is 13.0. The van der Waals surface area contributed by atoms with Crippen molar-refractivity contribution in [3.63, 3.8) is 0 Å². The topological polar surface area (TPSA) is 71.0 Å². The molecule has 104 valence electrons. The minimum absolute atomic E-state index is 0.112. The predicted molar refractivity (Wildman–Crippen MR) is 76.8 cm³/mol. The van der Waals surface area contributed by atoms with Crippen LogP contribution in [0.1, 0.15) is 31.5 Å². The van der Waals surface area contributed by atoms with Crippen LogP contribution in [0.5, 0.6) is 0 Å². The van der Waals surface area contributed by atoms with E-state index in [-0.39, 0.29) is 11.9 Å². The molecule has 0 aromatic carbocycles. The minimum atomic E-state index is 0.112. The summed E-state index contributed by atoms with van der Waals surface area (Å²) in [6.07, 6.45) is 6.92. The van der Waals surface area contributed by atoms with Gasteiger partial charge in [-0.1, -0.05) is 0 Å². The Morgan fingerprint density at radius 2 is 2.40 bits per heavy atom. The molecule has 0 radical (unpaired) electrons. The van der Waals surface area contributed by atoms with Crippen molar-refractivity contribution in [2.24, 2.45) is 0 Å². The molecular formula is C13H15N5OS. The predicted octanol–water partition coefficient (Wildman–Crippen LogP) is 2.36. The van der Waals surface area contributed by atoms with Gasteiger partial charge in [-0.3, -0.25) is 9.78 Å². The zero-order valence-electron chi connectivity index (χ0n) is 11.1. The first-order valence-electron chi connectivity index (χ1n) is 6.50. The van der Waals surface area contributed by atoms with Crippen LogP contribution in [0.15, 0.2) is 24.0 Å². The SMILES string of the molecule is CC(=O)N1CCC[C@H]1c1csc(Nc2cnccn2)n1. The van der Waals surface area contributed by atoms with Crippen molar-refractivity contribution in [1.82, 2.24) is 19.9 Å². The van der Waals surface area contributed by atoms with Crippen molar-refractivity contribution < 1.29 is 4.79 Å². The molecule has 0 saturated carbocycles. The van der Waals surface area contributed by atoms with Gasteiger partial charge in [-0.05, 0) is 12.8 Å². The van der Waals surface area contributed by atoms with Crippen molar-refractivity contribution in [2.75, 3.05) is 11.9 Å². The number of anilines is 2. The molecule has 1 saturated heterocycles. The Hall–Kier alpha value is -2.02. The second kappa shape index (κ2) is 5.54. The largest absolute Gasteiger partial charge is 0.334 e. The first-order valence-corrected chi connectivity index (χ1v) is 7.37. The summed E-state index contributed by atoms with van der Waals surface area (Å²) in [5, 5.41) is 5.90. The van der Waals surface area contributed by atoms with E-state index in [1.54, 1.807) is 25.5 Å². The second-order valence-electron chi connectivity index (χ2n) is 4.66. The van der Waals surface area contributed by atoms with E-state index in [0.717, 1.165) is 30.2 Å². The summed E-state index contributed by atoms with van der Waals surface area (Å²) in [4.78, 5) is 26.2. The molecule has 2 aromatic rings. The monoisotopic (exact) mass is 289 g/mol. The van der Waals surface area contributed by atoms with E-state index in [1.807, 2.05) is 10.3 Å². The van der Waals surface area contributed by atoms with Crippen LogP contribution in [-0.4, -0.2) is 32.3 Å². The highest BCUT2D eigenvalue weighted by molar-refractivity contribution is 7.13. The van der Waals surface area contributed by atoms with Crippen LogP contribution >= 0.6 is 11.3 Å². The zero-order valence-corrected chi connectivity index (χ0v) is 11.9. The molecule has 1 aliphatic rings. The van der Waals surface area contributed by atoms with Gasteiger partial charge >= 0.3 is 0 Å². The lowest BCUT2D eigenvalue weighted by Crippen LogP contribution is -2.28. The fourth-order valence-corrected chi connectivity index (χ4v) is 3.18. The molecule has 3 heterocycles. The van der Waals surface area contributed by atoms with Gasteiger partial charge in [-0.25, -0.2) is 9.97 Å². The van der Waals surface area contributed by atoms with Crippen molar-refractivity contribution in [3.8, 4) is 0 Å². The number of likely N-dealkylation sites (tertiary alicyclic amines) is 1. The van der Waals surface area contributed by atoms with Gasteiger partial charge in [0.05, 0.1) is 17.9 Å². The summed E-state index contributed by atoms with van der Waals surface area (Å²) in [7, 11) is 0. The van der Waals surface area contributed by atoms with Crippen LogP contribution in [0.2, 0.25) is 0 Å². The Bertz CT molecular complexity index is 600. The maximum absolute atomic E-state index is 11.6. The van der Waals surface area contributed by atoms with Gasteiger partial charge in [-0.2, -0.15) is 0 Å². The molecule has 1 fully saturated rings. The van der Waals surface area contributed by atoms with Crippen LogP contribution < -0.4 is 5.32 Å². The normalized spacial score (nSPS) is 18.2. The van der Waals surface area contributed by atoms with Gasteiger partial charge in [0, 0.05) is 31.2 Å². The molecule has 1 aliphatic heterocycles. The van der Waals surface area contributed by atoms with Crippen LogP contribution in [0.25, 0.3) is 0 Å².